The normalized spacial score (nSPS) is 12.0. The minimum Gasteiger partial charge on any atom is -0.488 e. The molecular weight excluding hydrogens is 417 g/mol. The van der Waals surface area contributed by atoms with Gasteiger partial charge in [0.2, 0.25) is 0 Å². The first kappa shape index (κ1) is 20.6. The quantitative estimate of drug-likeness (QED) is 0.421. The molecule has 3 aromatic rings. The van der Waals surface area contributed by atoms with Crippen LogP contribution in [0.3, 0.4) is 0 Å². The van der Waals surface area contributed by atoms with Gasteiger partial charge in [0, 0.05) is 28.2 Å². The van der Waals surface area contributed by atoms with Crippen molar-refractivity contribution >= 4 is 15.9 Å². The summed E-state index contributed by atoms with van der Waals surface area (Å²) >= 11 is 3.53. The Kier molecular flexibility index (Phi) is 7.63. The van der Waals surface area contributed by atoms with Gasteiger partial charge in [-0.25, -0.2) is 4.39 Å². The smallest absolute Gasteiger partial charge is 0.129 e. The van der Waals surface area contributed by atoms with Gasteiger partial charge in [-0.3, -0.25) is 0 Å². The van der Waals surface area contributed by atoms with Gasteiger partial charge in [-0.15, -0.1) is 0 Å². The van der Waals surface area contributed by atoms with Gasteiger partial charge < -0.3 is 10.1 Å². The van der Waals surface area contributed by atoms with Crippen molar-refractivity contribution in [3.05, 3.63) is 99.8 Å². The SMILES string of the molecule is CC(CCc1ccccc1)NCc1cc(Br)ccc1OCc1ccccc1F. The van der Waals surface area contributed by atoms with Gasteiger partial charge in [0.1, 0.15) is 18.2 Å². The van der Waals surface area contributed by atoms with Gasteiger partial charge in [-0.05, 0) is 49.6 Å². The number of hydrogen-bond acceptors (Lipinski definition) is 2. The maximum atomic E-state index is 13.8. The Morgan fingerprint density at radius 3 is 2.50 bits per heavy atom. The minimum absolute atomic E-state index is 0.213. The van der Waals surface area contributed by atoms with E-state index in [-0.39, 0.29) is 12.4 Å². The van der Waals surface area contributed by atoms with Gasteiger partial charge in [0.05, 0.1) is 0 Å². The number of nitrogens with one attached hydrogen (secondary N) is 1. The summed E-state index contributed by atoms with van der Waals surface area (Å²) in [5.41, 5.74) is 2.96. The Balaban J connectivity index is 1.57. The molecule has 0 saturated carbocycles. The van der Waals surface area contributed by atoms with E-state index in [1.165, 1.54) is 11.6 Å². The highest BCUT2D eigenvalue weighted by Gasteiger charge is 2.09. The highest BCUT2D eigenvalue weighted by Crippen LogP contribution is 2.25. The van der Waals surface area contributed by atoms with Crippen LogP contribution in [0, 0.1) is 5.82 Å². The topological polar surface area (TPSA) is 21.3 Å². The van der Waals surface area contributed by atoms with Crippen LogP contribution >= 0.6 is 15.9 Å². The molecule has 3 aromatic carbocycles. The van der Waals surface area contributed by atoms with Crippen LogP contribution in [0.25, 0.3) is 0 Å². The van der Waals surface area contributed by atoms with Crippen LogP contribution in [0.1, 0.15) is 30.0 Å². The monoisotopic (exact) mass is 441 g/mol. The molecule has 0 heterocycles. The molecule has 0 radical (unpaired) electrons. The minimum atomic E-state index is -0.242. The predicted molar refractivity (Wildman–Crippen MR) is 116 cm³/mol. The Labute approximate surface area is 174 Å². The molecule has 1 atom stereocenters. The third-order valence-electron chi connectivity index (χ3n) is 4.71. The van der Waals surface area contributed by atoms with E-state index < -0.39 is 0 Å². The number of aryl methyl sites for hydroxylation is 1. The molecule has 4 heteroatoms. The summed E-state index contributed by atoms with van der Waals surface area (Å²) in [6.45, 7) is 3.10. The van der Waals surface area contributed by atoms with E-state index in [0.717, 1.165) is 28.6 Å². The van der Waals surface area contributed by atoms with Crippen LogP contribution in [-0.2, 0) is 19.6 Å². The molecule has 0 amide bonds. The third-order valence-corrected chi connectivity index (χ3v) is 5.21. The van der Waals surface area contributed by atoms with Crippen LogP contribution in [0.15, 0.2) is 77.3 Å². The van der Waals surface area contributed by atoms with E-state index in [0.29, 0.717) is 18.2 Å². The summed E-state index contributed by atoms with van der Waals surface area (Å²) in [4.78, 5) is 0. The fraction of sp³-hybridized carbons (Fsp3) is 0.250. The average molecular weight is 442 g/mol. The van der Waals surface area contributed by atoms with Crippen molar-refractivity contribution in [2.45, 2.75) is 39.0 Å². The van der Waals surface area contributed by atoms with Gasteiger partial charge in [-0.2, -0.15) is 0 Å². The molecule has 0 spiro atoms. The summed E-state index contributed by atoms with van der Waals surface area (Å²) in [6.07, 6.45) is 2.10. The first-order chi connectivity index (χ1) is 13.6. The standard InChI is InChI=1S/C24H25BrFNO/c1-18(11-12-19-7-3-2-4-8-19)27-16-21-15-22(25)13-14-24(21)28-17-20-9-5-6-10-23(20)26/h2-10,13-15,18,27H,11-12,16-17H2,1H3. The number of benzene rings is 3. The Morgan fingerprint density at radius 2 is 1.71 bits per heavy atom. The van der Waals surface area contributed by atoms with E-state index in [1.807, 2.05) is 30.3 Å². The van der Waals surface area contributed by atoms with E-state index in [2.05, 4.69) is 52.4 Å². The molecule has 146 valence electrons. The molecule has 0 fully saturated rings. The van der Waals surface area contributed by atoms with Crippen LogP contribution in [0.4, 0.5) is 4.39 Å². The second-order valence-corrected chi connectivity index (χ2v) is 7.85. The molecule has 0 aliphatic heterocycles. The molecule has 0 saturated heterocycles. The average Bonchev–Trinajstić information content (AvgIpc) is 2.72. The van der Waals surface area contributed by atoms with E-state index in [9.17, 15) is 4.39 Å². The lowest BCUT2D eigenvalue weighted by Crippen LogP contribution is -2.26. The van der Waals surface area contributed by atoms with E-state index >= 15 is 0 Å². The molecule has 0 bridgehead atoms. The highest BCUT2D eigenvalue weighted by atomic mass is 79.9. The molecule has 1 unspecified atom stereocenters. The van der Waals surface area contributed by atoms with E-state index in [1.54, 1.807) is 12.1 Å². The maximum Gasteiger partial charge on any atom is 0.129 e. The largest absolute Gasteiger partial charge is 0.488 e. The molecular formula is C24H25BrFNO. The second-order valence-electron chi connectivity index (χ2n) is 6.94. The van der Waals surface area contributed by atoms with E-state index in [4.69, 9.17) is 4.74 Å². The molecule has 0 aliphatic rings. The van der Waals surface area contributed by atoms with Crippen molar-refractivity contribution in [1.82, 2.24) is 5.32 Å². The third kappa shape index (κ3) is 6.18. The van der Waals surface area contributed by atoms with Crippen LogP contribution < -0.4 is 10.1 Å². The van der Waals surface area contributed by atoms with Crippen molar-refractivity contribution in [3.8, 4) is 5.75 Å². The predicted octanol–water partition coefficient (Wildman–Crippen LogP) is 6.28. The fourth-order valence-electron chi connectivity index (χ4n) is 3.01. The Hall–Kier alpha value is -2.17. The summed E-state index contributed by atoms with van der Waals surface area (Å²) < 4.78 is 20.8. The summed E-state index contributed by atoms with van der Waals surface area (Å²) in [6, 6.07) is 23.5. The van der Waals surface area contributed by atoms with Crippen LogP contribution in [-0.4, -0.2) is 6.04 Å². The zero-order valence-electron chi connectivity index (χ0n) is 16.0. The fourth-order valence-corrected chi connectivity index (χ4v) is 3.42. The lowest BCUT2D eigenvalue weighted by molar-refractivity contribution is 0.295. The second kappa shape index (κ2) is 10.4. The summed E-state index contributed by atoms with van der Waals surface area (Å²) in [5, 5.41) is 3.57. The molecule has 0 aromatic heterocycles. The van der Waals surface area contributed by atoms with Crippen molar-refractivity contribution in [3.63, 3.8) is 0 Å². The molecule has 0 aliphatic carbocycles. The van der Waals surface area contributed by atoms with Gasteiger partial charge >= 0.3 is 0 Å². The summed E-state index contributed by atoms with van der Waals surface area (Å²) in [5.74, 6) is 0.531. The van der Waals surface area contributed by atoms with Gasteiger partial charge in [0.25, 0.3) is 0 Å². The van der Waals surface area contributed by atoms with Crippen molar-refractivity contribution < 1.29 is 9.13 Å². The molecule has 2 nitrogen and oxygen atoms in total. The molecule has 1 N–H and O–H groups in total. The van der Waals surface area contributed by atoms with Gasteiger partial charge in [0.15, 0.2) is 0 Å². The molecule has 28 heavy (non-hydrogen) atoms. The van der Waals surface area contributed by atoms with Crippen molar-refractivity contribution in [2.24, 2.45) is 0 Å². The number of hydrogen-bond donors (Lipinski definition) is 1. The Bertz CT molecular complexity index is 885. The lowest BCUT2D eigenvalue weighted by Gasteiger charge is -2.17. The lowest BCUT2D eigenvalue weighted by atomic mass is 10.1. The van der Waals surface area contributed by atoms with Crippen LogP contribution in [0.5, 0.6) is 5.75 Å². The number of ether oxygens (including phenoxy) is 1. The molecule has 3 rings (SSSR count). The van der Waals surface area contributed by atoms with Gasteiger partial charge in [-0.1, -0.05) is 64.5 Å². The zero-order chi connectivity index (χ0) is 19.8. The highest BCUT2D eigenvalue weighted by molar-refractivity contribution is 9.10. The maximum absolute atomic E-state index is 13.8. The van der Waals surface area contributed by atoms with Crippen molar-refractivity contribution in [1.29, 1.82) is 0 Å². The Morgan fingerprint density at radius 1 is 0.964 bits per heavy atom. The first-order valence-corrected chi connectivity index (χ1v) is 10.3. The van der Waals surface area contributed by atoms with Crippen molar-refractivity contribution in [2.75, 3.05) is 0 Å². The summed E-state index contributed by atoms with van der Waals surface area (Å²) in [7, 11) is 0. The number of halogens is 2. The number of rotatable bonds is 9. The van der Waals surface area contributed by atoms with Crippen LogP contribution in [0.2, 0.25) is 0 Å². The first-order valence-electron chi connectivity index (χ1n) is 9.54. The zero-order valence-corrected chi connectivity index (χ0v) is 17.6.